The molecule has 1 atom stereocenters. The Kier molecular flexibility index (Phi) is 5.65. The van der Waals surface area contributed by atoms with E-state index in [0.29, 0.717) is 5.92 Å². The van der Waals surface area contributed by atoms with Crippen LogP contribution in [0.15, 0.2) is 23.7 Å². The molecule has 1 aliphatic rings. The van der Waals surface area contributed by atoms with Gasteiger partial charge in [-0.1, -0.05) is 12.1 Å². The van der Waals surface area contributed by atoms with Crippen molar-refractivity contribution in [2.45, 2.75) is 33.4 Å². The van der Waals surface area contributed by atoms with Crippen molar-refractivity contribution in [1.82, 2.24) is 10.3 Å². The Labute approximate surface area is 141 Å². The number of aromatic nitrogens is 1. The van der Waals surface area contributed by atoms with Gasteiger partial charge in [0.15, 0.2) is 0 Å². The van der Waals surface area contributed by atoms with Crippen LogP contribution in [0.1, 0.15) is 28.1 Å². The summed E-state index contributed by atoms with van der Waals surface area (Å²) in [5, 5.41) is 3.50. The highest BCUT2D eigenvalue weighted by Gasteiger charge is 2.17. The van der Waals surface area contributed by atoms with Crippen LogP contribution in [-0.4, -0.2) is 24.8 Å². The van der Waals surface area contributed by atoms with Crippen molar-refractivity contribution in [2.24, 2.45) is 5.92 Å². The van der Waals surface area contributed by atoms with Crippen LogP contribution in [0.25, 0.3) is 0 Å². The lowest BCUT2D eigenvalue weighted by molar-refractivity contribution is 0.166. The highest BCUT2D eigenvalue weighted by Crippen LogP contribution is 2.23. The summed E-state index contributed by atoms with van der Waals surface area (Å²) in [5.41, 5.74) is 5.45. The summed E-state index contributed by atoms with van der Waals surface area (Å²) in [6.45, 7) is 8.23. The first kappa shape index (κ1) is 16.4. The van der Waals surface area contributed by atoms with Crippen molar-refractivity contribution in [1.29, 1.82) is 0 Å². The zero-order valence-electron chi connectivity index (χ0n) is 13.8. The van der Waals surface area contributed by atoms with Crippen LogP contribution >= 0.6 is 11.3 Å². The van der Waals surface area contributed by atoms with Crippen LogP contribution in [-0.2, 0) is 17.8 Å². The van der Waals surface area contributed by atoms with E-state index in [2.05, 4.69) is 42.3 Å². The Bertz CT molecular complexity index is 636. The second-order valence-electron chi connectivity index (χ2n) is 6.12. The Morgan fingerprint density at radius 1 is 1.35 bits per heavy atom. The summed E-state index contributed by atoms with van der Waals surface area (Å²) < 4.78 is 11.5. The molecule has 124 valence electrons. The molecule has 0 unspecified atom stereocenters. The Morgan fingerprint density at radius 2 is 2.26 bits per heavy atom. The molecule has 23 heavy (non-hydrogen) atoms. The number of rotatable bonds is 7. The normalized spacial score (nSPS) is 17.6. The molecule has 4 nitrogen and oxygen atoms in total. The van der Waals surface area contributed by atoms with E-state index in [9.17, 15) is 0 Å². The SMILES string of the molecule is Cc1ccc(CNCc2scnc2C)c(OC[C@@H]2CCOC2)c1. The summed E-state index contributed by atoms with van der Waals surface area (Å²) in [6, 6.07) is 6.42. The first-order valence-electron chi connectivity index (χ1n) is 8.12. The third-order valence-electron chi connectivity index (χ3n) is 4.17. The highest BCUT2D eigenvalue weighted by molar-refractivity contribution is 7.09. The predicted molar refractivity (Wildman–Crippen MR) is 93.0 cm³/mol. The molecule has 1 fully saturated rings. The molecule has 0 amide bonds. The molecule has 0 radical (unpaired) electrons. The molecule has 0 bridgehead atoms. The van der Waals surface area contributed by atoms with Crippen LogP contribution in [0.3, 0.4) is 0 Å². The van der Waals surface area contributed by atoms with Gasteiger partial charge in [-0.05, 0) is 31.9 Å². The maximum Gasteiger partial charge on any atom is 0.124 e. The quantitative estimate of drug-likeness (QED) is 0.843. The lowest BCUT2D eigenvalue weighted by Crippen LogP contribution is -2.16. The summed E-state index contributed by atoms with van der Waals surface area (Å²) in [6.07, 6.45) is 1.10. The average molecular weight is 332 g/mol. The summed E-state index contributed by atoms with van der Waals surface area (Å²) >= 11 is 1.70. The predicted octanol–water partition coefficient (Wildman–Crippen LogP) is 3.47. The third-order valence-corrected chi connectivity index (χ3v) is 5.10. The minimum absolute atomic E-state index is 0.524. The molecule has 1 aromatic heterocycles. The maximum atomic E-state index is 6.08. The van der Waals surface area contributed by atoms with E-state index < -0.39 is 0 Å². The third kappa shape index (κ3) is 4.53. The van der Waals surface area contributed by atoms with Crippen molar-refractivity contribution in [2.75, 3.05) is 19.8 Å². The largest absolute Gasteiger partial charge is 0.493 e. The summed E-state index contributed by atoms with van der Waals surface area (Å²) in [5.74, 6) is 1.52. The monoisotopic (exact) mass is 332 g/mol. The smallest absolute Gasteiger partial charge is 0.124 e. The molecule has 0 spiro atoms. The topological polar surface area (TPSA) is 43.4 Å². The number of nitrogens with one attached hydrogen (secondary N) is 1. The molecular formula is C18H24N2O2S. The van der Waals surface area contributed by atoms with Gasteiger partial charge in [0.2, 0.25) is 0 Å². The lowest BCUT2D eigenvalue weighted by Gasteiger charge is -2.15. The zero-order chi connectivity index (χ0) is 16.1. The van der Waals surface area contributed by atoms with Gasteiger partial charge in [0, 0.05) is 36.1 Å². The minimum Gasteiger partial charge on any atom is -0.493 e. The van der Waals surface area contributed by atoms with E-state index >= 15 is 0 Å². The van der Waals surface area contributed by atoms with Crippen molar-refractivity contribution < 1.29 is 9.47 Å². The van der Waals surface area contributed by atoms with Crippen LogP contribution in [0, 0.1) is 19.8 Å². The molecule has 1 aliphatic heterocycles. The van der Waals surface area contributed by atoms with Crippen molar-refractivity contribution in [3.8, 4) is 5.75 Å². The van der Waals surface area contributed by atoms with E-state index in [1.807, 2.05) is 5.51 Å². The number of benzene rings is 1. The van der Waals surface area contributed by atoms with Gasteiger partial charge in [-0.25, -0.2) is 4.98 Å². The van der Waals surface area contributed by atoms with Crippen molar-refractivity contribution >= 4 is 11.3 Å². The molecule has 1 saturated heterocycles. The van der Waals surface area contributed by atoms with Gasteiger partial charge in [-0.2, -0.15) is 0 Å². The average Bonchev–Trinajstić information content (AvgIpc) is 3.19. The van der Waals surface area contributed by atoms with E-state index in [0.717, 1.165) is 50.8 Å². The highest BCUT2D eigenvalue weighted by atomic mass is 32.1. The second kappa shape index (κ2) is 7.90. The minimum atomic E-state index is 0.524. The number of aryl methyl sites for hydroxylation is 2. The molecule has 2 heterocycles. The molecule has 1 aromatic carbocycles. The summed E-state index contributed by atoms with van der Waals surface area (Å²) in [7, 11) is 0. The van der Waals surface area contributed by atoms with Gasteiger partial charge in [0.1, 0.15) is 5.75 Å². The zero-order valence-corrected chi connectivity index (χ0v) is 14.6. The van der Waals surface area contributed by atoms with E-state index in [4.69, 9.17) is 9.47 Å². The van der Waals surface area contributed by atoms with Crippen LogP contribution in [0.4, 0.5) is 0 Å². The van der Waals surface area contributed by atoms with Gasteiger partial charge in [0.05, 0.1) is 24.4 Å². The Balaban J connectivity index is 1.57. The first-order valence-corrected chi connectivity index (χ1v) is 9.00. The number of hydrogen-bond acceptors (Lipinski definition) is 5. The molecule has 5 heteroatoms. The molecule has 1 N–H and O–H groups in total. The Morgan fingerprint density at radius 3 is 3.00 bits per heavy atom. The molecule has 0 saturated carbocycles. The van der Waals surface area contributed by atoms with Gasteiger partial charge in [0.25, 0.3) is 0 Å². The fraction of sp³-hybridized carbons (Fsp3) is 0.500. The number of thiazole rings is 1. The first-order chi connectivity index (χ1) is 11.2. The maximum absolute atomic E-state index is 6.08. The van der Waals surface area contributed by atoms with Crippen LogP contribution in [0.2, 0.25) is 0 Å². The number of ether oxygens (including phenoxy) is 2. The summed E-state index contributed by atoms with van der Waals surface area (Å²) in [4.78, 5) is 5.58. The van der Waals surface area contributed by atoms with Gasteiger partial charge >= 0.3 is 0 Å². The van der Waals surface area contributed by atoms with E-state index in [1.165, 1.54) is 16.0 Å². The number of hydrogen-bond donors (Lipinski definition) is 1. The van der Waals surface area contributed by atoms with Gasteiger partial charge in [-0.3, -0.25) is 0 Å². The van der Waals surface area contributed by atoms with Crippen molar-refractivity contribution in [3.05, 3.63) is 45.4 Å². The van der Waals surface area contributed by atoms with Gasteiger partial charge < -0.3 is 14.8 Å². The van der Waals surface area contributed by atoms with Crippen LogP contribution in [0.5, 0.6) is 5.75 Å². The standard InChI is InChI=1S/C18H24N2O2S/c1-13-3-4-16(8-19-9-18-14(2)20-12-23-18)17(7-13)22-11-15-5-6-21-10-15/h3-4,7,12,15,19H,5-6,8-11H2,1-2H3/t15-/m1/s1. The Hall–Kier alpha value is -1.43. The fourth-order valence-electron chi connectivity index (χ4n) is 2.67. The lowest BCUT2D eigenvalue weighted by atomic mass is 10.1. The van der Waals surface area contributed by atoms with Gasteiger partial charge in [-0.15, -0.1) is 11.3 Å². The molecule has 3 rings (SSSR count). The molecular weight excluding hydrogens is 308 g/mol. The van der Waals surface area contributed by atoms with Crippen LogP contribution < -0.4 is 10.1 Å². The molecule has 0 aliphatic carbocycles. The van der Waals surface area contributed by atoms with Crippen molar-refractivity contribution in [3.63, 3.8) is 0 Å². The van der Waals surface area contributed by atoms with E-state index in [1.54, 1.807) is 11.3 Å². The fourth-order valence-corrected chi connectivity index (χ4v) is 3.42. The number of nitrogens with zero attached hydrogens (tertiary/aromatic N) is 1. The second-order valence-corrected chi connectivity index (χ2v) is 7.06. The van der Waals surface area contributed by atoms with E-state index in [-0.39, 0.29) is 0 Å². The molecule has 2 aromatic rings.